The van der Waals surface area contributed by atoms with E-state index in [1.165, 1.54) is 0 Å². The maximum Gasteiger partial charge on any atom is 0.323 e. The van der Waals surface area contributed by atoms with Gasteiger partial charge in [0, 0.05) is 12.5 Å². The molecule has 4 heteroatoms. The van der Waals surface area contributed by atoms with Crippen LogP contribution >= 0.6 is 0 Å². The summed E-state index contributed by atoms with van der Waals surface area (Å²) in [5.41, 5.74) is -0.412. The maximum atomic E-state index is 11.8. The minimum Gasteiger partial charge on any atom is -0.459 e. The summed E-state index contributed by atoms with van der Waals surface area (Å²) in [6, 6.07) is 0.134. The van der Waals surface area contributed by atoms with Crippen LogP contribution in [-0.2, 0) is 14.3 Å². The van der Waals surface area contributed by atoms with Crippen LogP contribution in [0, 0.1) is 0 Å². The van der Waals surface area contributed by atoms with Crippen LogP contribution in [0.25, 0.3) is 0 Å². The fourth-order valence-electron chi connectivity index (χ4n) is 2.45. The van der Waals surface area contributed by atoms with Crippen molar-refractivity contribution in [3.63, 3.8) is 0 Å². The summed E-state index contributed by atoms with van der Waals surface area (Å²) in [7, 11) is 0. The third-order valence-electron chi connectivity index (χ3n) is 3.02. The highest BCUT2D eigenvalue weighted by molar-refractivity contribution is 5.76. The summed E-state index contributed by atoms with van der Waals surface area (Å²) < 4.78 is 11.1. The summed E-state index contributed by atoms with van der Waals surface area (Å²) >= 11 is 0. The largest absolute Gasteiger partial charge is 0.459 e. The first-order chi connectivity index (χ1) is 7.35. The molecule has 0 radical (unpaired) electrons. The Hall–Kier alpha value is -0.610. The van der Waals surface area contributed by atoms with E-state index in [-0.39, 0.29) is 18.1 Å². The van der Waals surface area contributed by atoms with E-state index in [0.29, 0.717) is 12.1 Å². The molecule has 0 aromatic carbocycles. The molecule has 92 valence electrons. The quantitative estimate of drug-likeness (QED) is 0.685. The van der Waals surface area contributed by atoms with Crippen molar-refractivity contribution in [3.05, 3.63) is 0 Å². The van der Waals surface area contributed by atoms with E-state index in [0.717, 1.165) is 12.8 Å². The lowest BCUT2D eigenvalue weighted by Gasteiger charge is -2.22. The second kappa shape index (κ2) is 4.00. The van der Waals surface area contributed by atoms with Gasteiger partial charge in [0.15, 0.2) is 0 Å². The summed E-state index contributed by atoms with van der Waals surface area (Å²) in [6.07, 6.45) is 2.23. The Morgan fingerprint density at radius 2 is 2.06 bits per heavy atom. The Morgan fingerprint density at radius 1 is 1.38 bits per heavy atom. The Bertz CT molecular complexity index is 270. The molecule has 2 aliphatic heterocycles. The molecule has 2 rings (SSSR count). The normalized spacial score (nSPS) is 38.5. The van der Waals surface area contributed by atoms with E-state index in [4.69, 9.17) is 9.47 Å². The van der Waals surface area contributed by atoms with E-state index in [1.807, 2.05) is 20.8 Å². The lowest BCUT2D eigenvalue weighted by atomic mass is 10.1. The number of hydrogen-bond donors (Lipinski definition) is 1. The van der Waals surface area contributed by atoms with Crippen molar-refractivity contribution in [2.75, 3.05) is 0 Å². The molecule has 16 heavy (non-hydrogen) atoms. The number of carbonyl (C=O) groups is 1. The zero-order valence-electron chi connectivity index (χ0n) is 10.4. The van der Waals surface area contributed by atoms with E-state index in [9.17, 15) is 4.79 Å². The zero-order valence-corrected chi connectivity index (χ0v) is 10.4. The van der Waals surface area contributed by atoms with Gasteiger partial charge in [-0.1, -0.05) is 0 Å². The number of hydrogen-bond acceptors (Lipinski definition) is 4. The summed E-state index contributed by atoms with van der Waals surface area (Å²) in [5.74, 6) is -0.154. The Balaban J connectivity index is 1.88. The van der Waals surface area contributed by atoms with Crippen molar-refractivity contribution in [1.82, 2.24) is 5.32 Å². The minimum absolute atomic E-state index is 0.154. The lowest BCUT2D eigenvalue weighted by Crippen LogP contribution is -2.40. The molecule has 1 N–H and O–H groups in total. The van der Waals surface area contributed by atoms with Gasteiger partial charge in [0.1, 0.15) is 11.6 Å². The molecule has 0 bridgehead atoms. The number of esters is 1. The van der Waals surface area contributed by atoms with Crippen molar-refractivity contribution in [1.29, 1.82) is 0 Å². The standard InChI is InChI=1S/C12H21NO3/c1-7-5-8-10(15-7)6-9(13-8)11(14)16-12(2,3)4/h7-10,13H,5-6H2,1-4H3/t7-,8+,9-,10+/m1/s1. The lowest BCUT2D eigenvalue weighted by molar-refractivity contribution is -0.157. The second-order valence-corrected chi connectivity index (χ2v) is 5.82. The van der Waals surface area contributed by atoms with Crippen LogP contribution < -0.4 is 5.32 Å². The third-order valence-corrected chi connectivity index (χ3v) is 3.02. The van der Waals surface area contributed by atoms with Gasteiger partial charge in [0.05, 0.1) is 12.2 Å². The van der Waals surface area contributed by atoms with Crippen LogP contribution in [-0.4, -0.2) is 35.9 Å². The highest BCUT2D eigenvalue weighted by Gasteiger charge is 2.44. The van der Waals surface area contributed by atoms with Crippen molar-refractivity contribution < 1.29 is 14.3 Å². The molecule has 0 unspecified atom stereocenters. The summed E-state index contributed by atoms with van der Waals surface area (Å²) in [6.45, 7) is 7.74. The zero-order chi connectivity index (χ0) is 11.9. The fourth-order valence-corrected chi connectivity index (χ4v) is 2.45. The first kappa shape index (κ1) is 11.9. The minimum atomic E-state index is -0.412. The van der Waals surface area contributed by atoms with E-state index in [2.05, 4.69) is 12.2 Å². The maximum absolute atomic E-state index is 11.8. The summed E-state index contributed by atoms with van der Waals surface area (Å²) in [5, 5.41) is 3.31. The number of fused-ring (bicyclic) bond motifs is 1. The Labute approximate surface area is 96.7 Å². The predicted molar refractivity (Wildman–Crippen MR) is 60.1 cm³/mol. The average molecular weight is 227 g/mol. The first-order valence-corrected chi connectivity index (χ1v) is 5.99. The molecular weight excluding hydrogens is 206 g/mol. The van der Waals surface area contributed by atoms with Gasteiger partial charge in [-0.3, -0.25) is 10.1 Å². The van der Waals surface area contributed by atoms with Gasteiger partial charge in [-0.15, -0.1) is 0 Å². The molecule has 0 amide bonds. The highest BCUT2D eigenvalue weighted by Crippen LogP contribution is 2.30. The van der Waals surface area contributed by atoms with E-state index >= 15 is 0 Å². The molecule has 0 aliphatic carbocycles. The van der Waals surface area contributed by atoms with Gasteiger partial charge in [-0.2, -0.15) is 0 Å². The molecule has 4 nitrogen and oxygen atoms in total. The molecular formula is C12H21NO3. The van der Waals surface area contributed by atoms with Crippen LogP contribution in [0.1, 0.15) is 40.5 Å². The first-order valence-electron chi connectivity index (χ1n) is 5.99. The van der Waals surface area contributed by atoms with Crippen LogP contribution in [0.4, 0.5) is 0 Å². The van der Waals surface area contributed by atoms with Gasteiger partial charge in [-0.05, 0) is 34.1 Å². The third kappa shape index (κ3) is 2.55. The molecule has 0 aromatic rings. The van der Waals surface area contributed by atoms with Gasteiger partial charge < -0.3 is 9.47 Å². The number of ether oxygens (including phenoxy) is 2. The van der Waals surface area contributed by atoms with Crippen molar-refractivity contribution >= 4 is 5.97 Å². The van der Waals surface area contributed by atoms with Gasteiger partial charge in [-0.25, -0.2) is 0 Å². The summed E-state index contributed by atoms with van der Waals surface area (Å²) in [4.78, 5) is 11.8. The van der Waals surface area contributed by atoms with Gasteiger partial charge >= 0.3 is 5.97 Å². The van der Waals surface area contributed by atoms with Crippen LogP contribution in [0.2, 0.25) is 0 Å². The molecule has 2 heterocycles. The predicted octanol–water partition coefficient (Wildman–Crippen LogP) is 1.24. The topological polar surface area (TPSA) is 47.6 Å². The Morgan fingerprint density at radius 3 is 2.62 bits per heavy atom. The van der Waals surface area contributed by atoms with Crippen LogP contribution in [0.5, 0.6) is 0 Å². The smallest absolute Gasteiger partial charge is 0.323 e. The van der Waals surface area contributed by atoms with Crippen molar-refractivity contribution in [2.45, 2.75) is 70.4 Å². The van der Waals surface area contributed by atoms with Crippen LogP contribution in [0.15, 0.2) is 0 Å². The number of rotatable bonds is 1. The van der Waals surface area contributed by atoms with E-state index in [1.54, 1.807) is 0 Å². The monoisotopic (exact) mass is 227 g/mol. The second-order valence-electron chi connectivity index (χ2n) is 5.82. The molecule has 4 atom stereocenters. The molecule has 0 spiro atoms. The molecule has 0 saturated carbocycles. The van der Waals surface area contributed by atoms with Gasteiger partial charge in [0.2, 0.25) is 0 Å². The van der Waals surface area contributed by atoms with Crippen LogP contribution in [0.3, 0.4) is 0 Å². The average Bonchev–Trinajstić information content (AvgIpc) is 2.56. The van der Waals surface area contributed by atoms with E-state index < -0.39 is 5.60 Å². The molecule has 2 saturated heterocycles. The number of carbonyl (C=O) groups excluding carboxylic acids is 1. The molecule has 2 fully saturated rings. The van der Waals surface area contributed by atoms with Gasteiger partial charge in [0.25, 0.3) is 0 Å². The Kier molecular flexibility index (Phi) is 2.97. The van der Waals surface area contributed by atoms with Crippen molar-refractivity contribution in [2.24, 2.45) is 0 Å². The fraction of sp³-hybridized carbons (Fsp3) is 0.917. The molecule has 2 aliphatic rings. The number of nitrogens with one attached hydrogen (secondary N) is 1. The highest BCUT2D eigenvalue weighted by atomic mass is 16.6. The molecule has 0 aromatic heterocycles. The SMILES string of the molecule is C[C@@H]1C[C@@H]2N[C@@H](C(=O)OC(C)(C)C)C[C@@H]2O1. The van der Waals surface area contributed by atoms with Crippen molar-refractivity contribution in [3.8, 4) is 0 Å².